The number of thiocarbonyl (C=S) groups is 1. The summed E-state index contributed by atoms with van der Waals surface area (Å²) < 4.78 is 7.24. The number of rotatable bonds is 7. The number of carbonyl (C=O) groups excluding carboxylic acids is 1. The molecule has 2 aromatic carbocycles. The number of aromatic nitrogens is 2. The summed E-state index contributed by atoms with van der Waals surface area (Å²) in [5.74, 6) is -0.275. The second-order valence-electron chi connectivity index (χ2n) is 10.1. The Balaban J connectivity index is 1.63. The van der Waals surface area contributed by atoms with Crippen LogP contribution in [0.25, 0.3) is 5.69 Å². The molecule has 9 heteroatoms. The zero-order chi connectivity index (χ0) is 28.6. The van der Waals surface area contributed by atoms with Crippen LogP contribution in [0.15, 0.2) is 66.9 Å². The van der Waals surface area contributed by atoms with E-state index in [2.05, 4.69) is 77.0 Å². The number of hydrogen-bond donors (Lipinski definition) is 2. The lowest BCUT2D eigenvalue weighted by atomic mass is 9.96. The molecule has 2 N–H and O–H groups in total. The predicted molar refractivity (Wildman–Crippen MR) is 165 cm³/mol. The van der Waals surface area contributed by atoms with Crippen molar-refractivity contribution >= 4 is 46.2 Å². The zero-order valence-corrected chi connectivity index (χ0v) is 24.7. The quantitative estimate of drug-likeness (QED) is 0.245. The first-order valence-corrected chi connectivity index (χ1v) is 13.8. The fourth-order valence-corrected chi connectivity index (χ4v) is 6.01. The third-order valence-corrected chi connectivity index (χ3v) is 7.90. The molecule has 1 aliphatic heterocycles. The number of anilines is 2. The Bertz CT molecular complexity index is 1590. The number of ether oxygens (including phenoxy) is 1. The minimum atomic E-state index is -0.275. The molecule has 0 spiro atoms. The van der Waals surface area contributed by atoms with Crippen LogP contribution in [0.3, 0.4) is 0 Å². The Morgan fingerprint density at radius 3 is 2.60 bits per heavy atom. The van der Waals surface area contributed by atoms with Crippen LogP contribution in [0.4, 0.5) is 11.4 Å². The average molecular weight is 574 g/mol. The third kappa shape index (κ3) is 5.22. The van der Waals surface area contributed by atoms with Crippen molar-refractivity contribution in [2.75, 3.05) is 23.9 Å². The molecular weight excluding hydrogens is 542 g/mol. The summed E-state index contributed by atoms with van der Waals surface area (Å²) in [6.07, 6.45) is 1.80. The number of aryl methyl sites for hydroxylation is 3. The van der Waals surface area contributed by atoms with E-state index in [1.165, 1.54) is 18.2 Å². The molecule has 1 saturated heterocycles. The average Bonchev–Trinajstić information content (AvgIpc) is 3.42. The highest BCUT2D eigenvalue weighted by Gasteiger charge is 2.42. The minimum Gasteiger partial charge on any atom is -0.375 e. The van der Waals surface area contributed by atoms with Crippen molar-refractivity contribution in [2.24, 2.45) is 0 Å². The van der Waals surface area contributed by atoms with Gasteiger partial charge in [0.25, 0.3) is 0 Å². The molecule has 0 unspecified atom stereocenters. The number of nitrogens with zero attached hydrogens (tertiary/aromatic N) is 3. The molecule has 2 aromatic heterocycles. The maximum absolute atomic E-state index is 12.1. The van der Waals surface area contributed by atoms with Crippen molar-refractivity contribution in [2.45, 2.75) is 39.8 Å². The molecule has 7 nitrogen and oxygen atoms in total. The maximum atomic E-state index is 12.1. The van der Waals surface area contributed by atoms with Crippen molar-refractivity contribution in [3.63, 3.8) is 0 Å². The molecule has 0 bridgehead atoms. The summed E-state index contributed by atoms with van der Waals surface area (Å²) in [7, 11) is 1.47. The number of hydrogen-bond acceptors (Lipinski definition) is 4. The van der Waals surface area contributed by atoms with E-state index >= 15 is 0 Å². The van der Waals surface area contributed by atoms with Gasteiger partial charge in [-0.2, -0.15) is 0 Å². The van der Waals surface area contributed by atoms with Crippen molar-refractivity contribution in [1.29, 1.82) is 0 Å². The van der Waals surface area contributed by atoms with E-state index < -0.39 is 0 Å². The van der Waals surface area contributed by atoms with Crippen LogP contribution in [-0.4, -0.2) is 34.3 Å². The minimum absolute atomic E-state index is 0.0535. The molecule has 2 atom stereocenters. The summed E-state index contributed by atoms with van der Waals surface area (Å²) in [6, 6.07) is 19.8. The summed E-state index contributed by atoms with van der Waals surface area (Å²) in [6.45, 7) is 8.48. The zero-order valence-electron chi connectivity index (χ0n) is 23.2. The van der Waals surface area contributed by atoms with Gasteiger partial charge >= 0.3 is 0 Å². The second-order valence-corrected chi connectivity index (χ2v) is 10.9. The van der Waals surface area contributed by atoms with Gasteiger partial charge in [-0.15, -0.1) is 0 Å². The van der Waals surface area contributed by atoms with E-state index in [0.29, 0.717) is 15.8 Å². The summed E-state index contributed by atoms with van der Waals surface area (Å²) >= 11 is 12.6. The molecule has 206 valence electrons. The smallest absolute Gasteiger partial charge is 0.250 e. The second kappa shape index (κ2) is 11.4. The molecule has 1 amide bonds. The highest BCUT2D eigenvalue weighted by molar-refractivity contribution is 7.80. The largest absolute Gasteiger partial charge is 0.375 e. The summed E-state index contributed by atoms with van der Waals surface area (Å²) in [5, 5.41) is 7.29. The predicted octanol–water partition coefficient (Wildman–Crippen LogP) is 6.52. The van der Waals surface area contributed by atoms with Gasteiger partial charge in [-0.1, -0.05) is 29.8 Å². The van der Waals surface area contributed by atoms with Gasteiger partial charge in [-0.25, -0.2) is 0 Å². The highest BCUT2D eigenvalue weighted by atomic mass is 35.5. The molecule has 1 fully saturated rings. The Hall–Kier alpha value is -3.72. The van der Waals surface area contributed by atoms with Crippen LogP contribution in [0, 0.1) is 27.7 Å². The van der Waals surface area contributed by atoms with Crippen LogP contribution in [0.5, 0.6) is 0 Å². The van der Waals surface area contributed by atoms with Gasteiger partial charge in [0.2, 0.25) is 5.91 Å². The molecule has 40 heavy (non-hydrogen) atoms. The molecular formula is C31H32ClN5O2S. The highest BCUT2D eigenvalue weighted by Crippen LogP contribution is 2.45. The number of pyridine rings is 1. The van der Waals surface area contributed by atoms with Gasteiger partial charge in [-0.3, -0.25) is 9.78 Å². The molecule has 3 heterocycles. The normalized spacial score (nSPS) is 16.8. The molecule has 4 aromatic rings. The first-order chi connectivity index (χ1) is 19.2. The van der Waals surface area contributed by atoms with E-state index in [1.54, 1.807) is 12.3 Å². The van der Waals surface area contributed by atoms with Crippen molar-refractivity contribution < 1.29 is 9.53 Å². The lowest BCUT2D eigenvalue weighted by Gasteiger charge is -2.28. The van der Waals surface area contributed by atoms with E-state index in [9.17, 15) is 4.79 Å². The number of halogens is 1. The number of carbonyl (C=O) groups is 1. The van der Waals surface area contributed by atoms with Crippen LogP contribution in [-0.2, 0) is 9.53 Å². The number of nitrogens with one attached hydrogen (secondary N) is 2. The topological polar surface area (TPSA) is 71.4 Å². The number of amides is 1. The van der Waals surface area contributed by atoms with Crippen molar-refractivity contribution in [1.82, 2.24) is 14.9 Å². The van der Waals surface area contributed by atoms with Gasteiger partial charge in [-0.05, 0) is 99.1 Å². The monoisotopic (exact) mass is 573 g/mol. The summed E-state index contributed by atoms with van der Waals surface area (Å²) in [5.41, 5.74) is 9.18. The summed E-state index contributed by atoms with van der Waals surface area (Å²) in [4.78, 5) is 18.9. The van der Waals surface area contributed by atoms with E-state index in [4.69, 9.17) is 28.6 Å². The van der Waals surface area contributed by atoms with Gasteiger partial charge in [0.1, 0.15) is 6.61 Å². The van der Waals surface area contributed by atoms with E-state index in [1.807, 2.05) is 30.3 Å². The van der Waals surface area contributed by atoms with Gasteiger partial charge < -0.3 is 24.8 Å². The first kappa shape index (κ1) is 27.8. The fourth-order valence-electron chi connectivity index (χ4n) is 5.44. The molecule has 5 rings (SSSR count). The third-order valence-electron chi connectivity index (χ3n) is 7.27. The Morgan fingerprint density at radius 2 is 1.90 bits per heavy atom. The number of benzene rings is 2. The van der Waals surface area contributed by atoms with Crippen LogP contribution < -0.4 is 15.5 Å². The maximum Gasteiger partial charge on any atom is 0.250 e. The van der Waals surface area contributed by atoms with Crippen LogP contribution >= 0.6 is 23.8 Å². The first-order valence-electron chi connectivity index (χ1n) is 13.0. The molecule has 0 saturated carbocycles. The van der Waals surface area contributed by atoms with Gasteiger partial charge in [0.05, 0.1) is 28.5 Å². The van der Waals surface area contributed by atoms with Crippen molar-refractivity contribution in [3.8, 4) is 5.69 Å². The van der Waals surface area contributed by atoms with Gasteiger partial charge in [0.15, 0.2) is 5.11 Å². The van der Waals surface area contributed by atoms with Crippen LogP contribution in [0.1, 0.15) is 45.9 Å². The molecule has 0 aliphatic carbocycles. The number of methoxy groups -OCH3 is 1. The SMILES string of the molecule is COCC(=O)Nc1ccc(N2C(=S)N[C@@H](c3ccccn3)[C@@H]2c2cc(C)n(-c3cc(C)ccc3C)c2C)cc1Cl. The van der Waals surface area contributed by atoms with Gasteiger partial charge in [0, 0.05) is 36.1 Å². The van der Waals surface area contributed by atoms with Crippen molar-refractivity contribution in [3.05, 3.63) is 106 Å². The van der Waals surface area contributed by atoms with Crippen LogP contribution in [0.2, 0.25) is 5.02 Å². The lowest BCUT2D eigenvalue weighted by molar-refractivity contribution is -0.119. The molecule has 0 radical (unpaired) electrons. The Morgan fingerprint density at radius 1 is 1.10 bits per heavy atom. The van der Waals surface area contributed by atoms with E-state index in [-0.39, 0.29) is 24.6 Å². The molecule has 1 aliphatic rings. The Kier molecular flexibility index (Phi) is 7.94. The Labute approximate surface area is 245 Å². The van der Waals surface area contributed by atoms with E-state index in [0.717, 1.165) is 34.0 Å². The lowest BCUT2D eigenvalue weighted by Crippen LogP contribution is -2.29. The standard InChI is InChI=1S/C31H32ClN5O2S/c1-18-9-10-19(2)27(14-18)36-20(3)15-23(21(36)4)30-29(26-8-6-7-13-33-26)35-31(40)37(30)22-11-12-25(24(32)16-22)34-28(38)17-39-5/h6-16,29-30H,17H2,1-5H3,(H,34,38)(H,35,40)/t29-,30-/m0/s1. The fraction of sp³-hybridized carbons (Fsp3) is 0.258.